The Hall–Kier alpha value is -3.52. The van der Waals surface area contributed by atoms with Gasteiger partial charge in [-0.2, -0.15) is 0 Å². The standard InChI is InChI=1S/C24H24N2O6/c1-29-15-6-4-14(5-7-15)26-13-24-11-10-18(32-24)20(21(24)23(26)28)22(27)25-17-9-8-16(30-2)12-19(17)31-3/h4-12,18,20-21H,13H2,1-3H3,(H,25,27)/t18-,20+,21+,24-/m1/s1. The molecule has 5 rings (SSSR count). The fourth-order valence-corrected chi connectivity index (χ4v) is 4.90. The number of nitrogens with one attached hydrogen (secondary N) is 1. The van der Waals surface area contributed by atoms with Gasteiger partial charge in [0.1, 0.15) is 22.8 Å². The minimum atomic E-state index is -0.798. The Labute approximate surface area is 185 Å². The average Bonchev–Trinajstić information content (AvgIpc) is 3.47. The lowest BCUT2D eigenvalue weighted by molar-refractivity contribution is -0.128. The number of anilines is 2. The molecule has 166 valence electrons. The van der Waals surface area contributed by atoms with E-state index in [4.69, 9.17) is 18.9 Å². The van der Waals surface area contributed by atoms with Crippen LogP contribution in [0.3, 0.4) is 0 Å². The van der Waals surface area contributed by atoms with E-state index in [-0.39, 0.29) is 11.8 Å². The zero-order valence-corrected chi connectivity index (χ0v) is 18.0. The van der Waals surface area contributed by atoms with Gasteiger partial charge in [0.25, 0.3) is 0 Å². The molecule has 4 atom stereocenters. The van der Waals surface area contributed by atoms with Crippen LogP contribution in [0.15, 0.2) is 54.6 Å². The largest absolute Gasteiger partial charge is 0.497 e. The van der Waals surface area contributed by atoms with Gasteiger partial charge in [0.2, 0.25) is 11.8 Å². The van der Waals surface area contributed by atoms with E-state index < -0.39 is 23.5 Å². The van der Waals surface area contributed by atoms with Crippen LogP contribution in [0.5, 0.6) is 17.2 Å². The minimum absolute atomic E-state index is 0.121. The summed E-state index contributed by atoms with van der Waals surface area (Å²) in [7, 11) is 4.68. The molecule has 3 heterocycles. The number of amides is 2. The zero-order chi connectivity index (χ0) is 22.5. The predicted octanol–water partition coefficient (Wildman–Crippen LogP) is 2.64. The van der Waals surface area contributed by atoms with Crippen molar-refractivity contribution in [2.45, 2.75) is 11.7 Å². The molecule has 2 bridgehead atoms. The molecule has 8 nitrogen and oxygen atoms in total. The molecule has 2 saturated heterocycles. The Balaban J connectivity index is 1.41. The average molecular weight is 436 g/mol. The first kappa shape index (κ1) is 20.4. The van der Waals surface area contributed by atoms with Crippen molar-refractivity contribution in [3.8, 4) is 17.2 Å². The first-order chi connectivity index (χ1) is 15.5. The normalized spacial score (nSPS) is 27.4. The fourth-order valence-electron chi connectivity index (χ4n) is 4.90. The van der Waals surface area contributed by atoms with Crippen molar-refractivity contribution >= 4 is 23.2 Å². The van der Waals surface area contributed by atoms with E-state index in [1.807, 2.05) is 36.4 Å². The number of fused-ring (bicyclic) bond motifs is 1. The van der Waals surface area contributed by atoms with Gasteiger partial charge in [-0.15, -0.1) is 0 Å². The third kappa shape index (κ3) is 3.02. The summed E-state index contributed by atoms with van der Waals surface area (Å²) in [5.74, 6) is 0.173. The molecule has 0 radical (unpaired) electrons. The van der Waals surface area contributed by atoms with Crippen LogP contribution < -0.4 is 24.4 Å². The maximum atomic E-state index is 13.5. The Bertz CT molecular complexity index is 1100. The van der Waals surface area contributed by atoms with E-state index in [9.17, 15) is 9.59 Å². The first-order valence-electron chi connectivity index (χ1n) is 10.3. The Morgan fingerprint density at radius 1 is 1.06 bits per heavy atom. The fraction of sp³-hybridized carbons (Fsp3) is 0.333. The van der Waals surface area contributed by atoms with Gasteiger partial charge in [0, 0.05) is 11.8 Å². The molecule has 0 saturated carbocycles. The number of nitrogens with zero attached hydrogens (tertiary/aromatic N) is 1. The summed E-state index contributed by atoms with van der Waals surface area (Å²) in [4.78, 5) is 28.5. The molecule has 2 aromatic rings. The van der Waals surface area contributed by atoms with Crippen molar-refractivity contribution in [2.24, 2.45) is 11.8 Å². The molecule has 2 amide bonds. The number of carbonyl (C=O) groups excluding carboxylic acids is 2. The smallest absolute Gasteiger partial charge is 0.234 e. The van der Waals surface area contributed by atoms with Gasteiger partial charge in [0.05, 0.1) is 51.5 Å². The highest BCUT2D eigenvalue weighted by Crippen LogP contribution is 2.53. The molecule has 0 aromatic heterocycles. The summed E-state index contributed by atoms with van der Waals surface area (Å²) in [6, 6.07) is 12.4. The van der Waals surface area contributed by atoms with Crippen LogP contribution in [0.1, 0.15) is 0 Å². The highest BCUT2D eigenvalue weighted by atomic mass is 16.5. The predicted molar refractivity (Wildman–Crippen MR) is 117 cm³/mol. The van der Waals surface area contributed by atoms with Crippen LogP contribution in [0.25, 0.3) is 0 Å². The van der Waals surface area contributed by atoms with Crippen LogP contribution in [0, 0.1) is 11.8 Å². The third-order valence-electron chi connectivity index (χ3n) is 6.45. The Kier molecular flexibility index (Phi) is 4.82. The number of hydrogen-bond acceptors (Lipinski definition) is 6. The van der Waals surface area contributed by atoms with Crippen LogP contribution in [-0.4, -0.2) is 51.4 Å². The highest BCUT2D eigenvalue weighted by Gasteiger charge is 2.67. The topological polar surface area (TPSA) is 86.3 Å². The molecule has 8 heteroatoms. The van der Waals surface area contributed by atoms with E-state index in [2.05, 4.69) is 5.32 Å². The van der Waals surface area contributed by atoms with Crippen molar-refractivity contribution in [2.75, 3.05) is 38.1 Å². The molecule has 2 aromatic carbocycles. The van der Waals surface area contributed by atoms with Gasteiger partial charge in [-0.1, -0.05) is 12.2 Å². The SMILES string of the molecule is COc1ccc(N2C[C@@]34C=C[C@@H](O3)[C@H](C(=O)Nc3ccc(OC)cc3OC)[C@H]4C2=O)cc1. The van der Waals surface area contributed by atoms with Crippen molar-refractivity contribution < 1.29 is 28.5 Å². The summed E-state index contributed by atoms with van der Waals surface area (Å²) < 4.78 is 22.0. The second-order valence-corrected chi connectivity index (χ2v) is 8.08. The van der Waals surface area contributed by atoms with E-state index in [0.717, 1.165) is 5.69 Å². The number of methoxy groups -OCH3 is 3. The van der Waals surface area contributed by atoms with Gasteiger partial charge in [-0.3, -0.25) is 9.59 Å². The van der Waals surface area contributed by atoms with Gasteiger partial charge in [-0.05, 0) is 36.4 Å². The molecule has 1 N–H and O–H groups in total. The minimum Gasteiger partial charge on any atom is -0.497 e. The lowest BCUT2D eigenvalue weighted by Gasteiger charge is -2.24. The number of benzene rings is 2. The second-order valence-electron chi connectivity index (χ2n) is 8.08. The van der Waals surface area contributed by atoms with Crippen LogP contribution in [-0.2, 0) is 14.3 Å². The quantitative estimate of drug-likeness (QED) is 0.701. The van der Waals surface area contributed by atoms with Crippen LogP contribution in [0.4, 0.5) is 11.4 Å². The lowest BCUT2D eigenvalue weighted by atomic mass is 9.76. The molecule has 32 heavy (non-hydrogen) atoms. The van der Waals surface area contributed by atoms with Crippen LogP contribution >= 0.6 is 0 Å². The highest BCUT2D eigenvalue weighted by molar-refractivity contribution is 6.05. The second kappa shape index (κ2) is 7.56. The number of ether oxygens (including phenoxy) is 4. The number of carbonyl (C=O) groups is 2. The van der Waals surface area contributed by atoms with Gasteiger partial charge < -0.3 is 29.2 Å². The molecule has 2 fully saturated rings. The zero-order valence-electron chi connectivity index (χ0n) is 18.0. The van der Waals surface area contributed by atoms with E-state index in [1.54, 1.807) is 37.3 Å². The summed E-state index contributed by atoms with van der Waals surface area (Å²) >= 11 is 0. The lowest BCUT2D eigenvalue weighted by Crippen LogP contribution is -2.41. The van der Waals surface area contributed by atoms with Crippen molar-refractivity contribution in [3.05, 3.63) is 54.6 Å². The van der Waals surface area contributed by atoms with E-state index in [0.29, 0.717) is 29.5 Å². The van der Waals surface area contributed by atoms with Crippen molar-refractivity contribution in [3.63, 3.8) is 0 Å². The first-order valence-corrected chi connectivity index (χ1v) is 10.3. The molecule has 1 spiro atoms. The number of hydrogen-bond donors (Lipinski definition) is 1. The van der Waals surface area contributed by atoms with Gasteiger partial charge in [-0.25, -0.2) is 0 Å². The van der Waals surface area contributed by atoms with E-state index >= 15 is 0 Å². The summed E-state index contributed by atoms with van der Waals surface area (Å²) in [5, 5.41) is 2.92. The van der Waals surface area contributed by atoms with Gasteiger partial charge in [0.15, 0.2) is 0 Å². The summed E-state index contributed by atoms with van der Waals surface area (Å²) in [6.45, 7) is 0.367. The molecular weight excluding hydrogens is 412 g/mol. The molecule has 3 aliphatic rings. The van der Waals surface area contributed by atoms with Crippen LogP contribution in [0.2, 0.25) is 0 Å². The van der Waals surface area contributed by atoms with Crippen molar-refractivity contribution in [1.29, 1.82) is 0 Å². The van der Waals surface area contributed by atoms with Crippen molar-refractivity contribution in [1.82, 2.24) is 0 Å². The summed E-state index contributed by atoms with van der Waals surface area (Å²) in [6.07, 6.45) is 3.38. The molecular formula is C24H24N2O6. The molecule has 3 aliphatic heterocycles. The maximum Gasteiger partial charge on any atom is 0.234 e. The van der Waals surface area contributed by atoms with Gasteiger partial charge >= 0.3 is 0 Å². The van der Waals surface area contributed by atoms with E-state index in [1.165, 1.54) is 7.11 Å². The summed E-state index contributed by atoms with van der Waals surface area (Å²) in [5.41, 5.74) is 0.459. The Morgan fingerprint density at radius 2 is 1.78 bits per heavy atom. The monoisotopic (exact) mass is 436 g/mol. The molecule has 0 aliphatic carbocycles. The Morgan fingerprint density at radius 3 is 2.47 bits per heavy atom. The maximum absolute atomic E-state index is 13.5. The number of rotatable bonds is 6. The third-order valence-corrected chi connectivity index (χ3v) is 6.45. The molecule has 0 unspecified atom stereocenters.